The van der Waals surface area contributed by atoms with E-state index in [1.54, 1.807) is 6.20 Å². The number of urea groups is 1. The number of hydrogen-bond acceptors (Lipinski definition) is 5. The third-order valence-electron chi connectivity index (χ3n) is 6.67. The highest BCUT2D eigenvalue weighted by molar-refractivity contribution is 6.07. The maximum Gasteiger partial charge on any atom is 0.326 e. The van der Waals surface area contributed by atoms with Gasteiger partial charge in [-0.2, -0.15) is 0 Å². The summed E-state index contributed by atoms with van der Waals surface area (Å²) in [5.74, 6) is 0.403. The molecular weight excluding hydrogens is 382 g/mol. The number of anilines is 1. The van der Waals surface area contributed by atoms with E-state index in [1.165, 1.54) is 4.90 Å². The van der Waals surface area contributed by atoms with Crippen LogP contribution in [0, 0.1) is 12.8 Å². The smallest absolute Gasteiger partial charge is 0.323 e. The number of aromatic nitrogens is 1. The third-order valence-corrected chi connectivity index (χ3v) is 6.67. The van der Waals surface area contributed by atoms with E-state index in [9.17, 15) is 14.4 Å². The van der Waals surface area contributed by atoms with Crippen LogP contribution in [0.3, 0.4) is 0 Å². The Morgan fingerprint density at radius 3 is 2.50 bits per heavy atom. The summed E-state index contributed by atoms with van der Waals surface area (Å²) in [6.07, 6.45) is 8.83. The molecule has 0 unspecified atom stereocenters. The Balaban J connectivity index is 1.29. The molecule has 2 N–H and O–H groups in total. The van der Waals surface area contributed by atoms with Gasteiger partial charge in [0.05, 0.1) is 6.67 Å². The highest BCUT2D eigenvalue weighted by atomic mass is 16.2. The number of pyridine rings is 1. The topological polar surface area (TPSA) is 94.6 Å². The minimum Gasteiger partial charge on any atom is -0.323 e. The second-order valence-corrected chi connectivity index (χ2v) is 8.90. The molecule has 1 aromatic heterocycles. The molecule has 3 fully saturated rings. The van der Waals surface area contributed by atoms with Gasteiger partial charge in [0.2, 0.25) is 5.91 Å². The van der Waals surface area contributed by atoms with E-state index < -0.39 is 5.54 Å². The molecule has 162 valence electrons. The number of aryl methyl sites for hydroxylation is 1. The zero-order valence-corrected chi connectivity index (χ0v) is 17.7. The van der Waals surface area contributed by atoms with Gasteiger partial charge >= 0.3 is 6.03 Å². The van der Waals surface area contributed by atoms with Crippen LogP contribution < -0.4 is 10.6 Å². The van der Waals surface area contributed by atoms with Crippen LogP contribution in [0.1, 0.15) is 56.9 Å². The fraction of sp³-hybridized carbons (Fsp3) is 0.636. The molecule has 2 saturated heterocycles. The number of likely N-dealkylation sites (tertiary alicyclic amines) is 1. The number of piperidine rings is 1. The van der Waals surface area contributed by atoms with Crippen molar-refractivity contribution in [2.45, 2.75) is 63.8 Å². The third kappa shape index (κ3) is 4.33. The number of hydrogen-bond donors (Lipinski definition) is 2. The Morgan fingerprint density at radius 2 is 1.87 bits per heavy atom. The van der Waals surface area contributed by atoms with E-state index in [1.807, 2.05) is 19.1 Å². The second kappa shape index (κ2) is 8.71. The summed E-state index contributed by atoms with van der Waals surface area (Å²) >= 11 is 0. The Morgan fingerprint density at radius 1 is 1.17 bits per heavy atom. The first kappa shape index (κ1) is 20.8. The van der Waals surface area contributed by atoms with Crippen LogP contribution in [0.2, 0.25) is 0 Å². The van der Waals surface area contributed by atoms with Crippen LogP contribution in [0.15, 0.2) is 18.3 Å². The molecule has 30 heavy (non-hydrogen) atoms. The predicted octanol–water partition coefficient (Wildman–Crippen LogP) is 2.64. The summed E-state index contributed by atoms with van der Waals surface area (Å²) in [6, 6.07) is 3.46. The molecule has 2 aliphatic heterocycles. The zero-order chi connectivity index (χ0) is 21.1. The number of imide groups is 1. The summed E-state index contributed by atoms with van der Waals surface area (Å²) < 4.78 is 0. The quantitative estimate of drug-likeness (QED) is 0.740. The number of amides is 4. The lowest BCUT2D eigenvalue weighted by molar-refractivity contribution is -0.134. The van der Waals surface area contributed by atoms with Crippen LogP contribution in [0.25, 0.3) is 0 Å². The molecular formula is C22H31N5O3. The molecule has 8 heteroatoms. The van der Waals surface area contributed by atoms with Crippen molar-refractivity contribution < 1.29 is 14.4 Å². The van der Waals surface area contributed by atoms with E-state index in [0.29, 0.717) is 38.4 Å². The van der Waals surface area contributed by atoms with Gasteiger partial charge in [-0.1, -0.05) is 31.7 Å². The molecule has 4 amide bonds. The summed E-state index contributed by atoms with van der Waals surface area (Å²) in [6.45, 7) is 3.63. The molecule has 8 nitrogen and oxygen atoms in total. The molecule has 1 spiro atoms. The average molecular weight is 414 g/mol. The van der Waals surface area contributed by atoms with E-state index in [-0.39, 0.29) is 23.8 Å². The lowest BCUT2D eigenvalue weighted by Gasteiger charge is -2.33. The normalized spacial score (nSPS) is 22.8. The average Bonchev–Trinajstić information content (AvgIpc) is 2.90. The number of nitrogens with zero attached hydrogens (tertiary/aromatic N) is 3. The molecule has 0 atom stereocenters. The molecule has 3 heterocycles. The van der Waals surface area contributed by atoms with Crippen LogP contribution in [-0.2, 0) is 9.59 Å². The molecule has 0 bridgehead atoms. The van der Waals surface area contributed by atoms with Crippen molar-refractivity contribution in [2.24, 2.45) is 5.92 Å². The van der Waals surface area contributed by atoms with Gasteiger partial charge in [-0.25, -0.2) is 14.7 Å². The maximum atomic E-state index is 13.1. The Labute approximate surface area is 177 Å². The van der Waals surface area contributed by atoms with Gasteiger partial charge in [0.1, 0.15) is 11.4 Å². The van der Waals surface area contributed by atoms with E-state index in [2.05, 4.69) is 20.5 Å². The van der Waals surface area contributed by atoms with Gasteiger partial charge in [-0.05, 0) is 44.2 Å². The number of rotatable bonds is 4. The number of carbonyl (C=O) groups is 3. The van der Waals surface area contributed by atoms with Crippen LogP contribution in [0.5, 0.6) is 0 Å². The van der Waals surface area contributed by atoms with Crippen LogP contribution >= 0.6 is 0 Å². The minimum atomic E-state index is -0.688. The molecule has 1 saturated carbocycles. The number of carbonyl (C=O) groups excluding carboxylic acids is 3. The molecule has 0 radical (unpaired) electrons. The van der Waals surface area contributed by atoms with Crippen molar-refractivity contribution in [2.75, 3.05) is 25.1 Å². The molecule has 1 aromatic rings. The number of nitrogens with one attached hydrogen (secondary N) is 2. The first-order chi connectivity index (χ1) is 14.5. The van der Waals surface area contributed by atoms with Crippen molar-refractivity contribution in [3.05, 3.63) is 23.9 Å². The Kier molecular flexibility index (Phi) is 6.04. The Bertz CT molecular complexity index is 793. The SMILES string of the molecule is Cc1ccc(NC(=O)C2CCN(CN3C(=O)NC4(CCCCCC4)C3=O)CC2)nc1. The highest BCUT2D eigenvalue weighted by Gasteiger charge is 2.51. The standard InChI is InChI=1S/C22H31N5O3/c1-16-6-7-18(23-14-16)24-19(28)17-8-12-26(13-9-17)15-27-20(29)22(25-21(27)30)10-4-2-3-5-11-22/h6-7,14,17H,2-5,8-13,15H2,1H3,(H,25,30)(H,23,24,28). The first-order valence-electron chi connectivity index (χ1n) is 11.1. The van der Waals surface area contributed by atoms with E-state index in [4.69, 9.17) is 0 Å². The van der Waals surface area contributed by atoms with Gasteiger partial charge in [-0.15, -0.1) is 0 Å². The van der Waals surface area contributed by atoms with Gasteiger partial charge in [0.15, 0.2) is 0 Å². The van der Waals surface area contributed by atoms with Gasteiger partial charge < -0.3 is 10.6 Å². The summed E-state index contributed by atoms with van der Waals surface area (Å²) in [5.41, 5.74) is 0.361. The van der Waals surface area contributed by atoms with Crippen LogP contribution in [0.4, 0.5) is 10.6 Å². The van der Waals surface area contributed by atoms with Crippen molar-refractivity contribution in [3.8, 4) is 0 Å². The maximum absolute atomic E-state index is 13.1. The van der Waals surface area contributed by atoms with E-state index >= 15 is 0 Å². The Hall–Kier alpha value is -2.48. The lowest BCUT2D eigenvalue weighted by Crippen LogP contribution is -2.48. The van der Waals surface area contributed by atoms with Gasteiger partial charge in [0.25, 0.3) is 5.91 Å². The molecule has 4 rings (SSSR count). The molecule has 3 aliphatic rings. The predicted molar refractivity (Wildman–Crippen MR) is 113 cm³/mol. The summed E-state index contributed by atoms with van der Waals surface area (Å²) in [7, 11) is 0. The van der Waals surface area contributed by atoms with Gasteiger partial charge in [0, 0.05) is 25.2 Å². The van der Waals surface area contributed by atoms with E-state index in [0.717, 1.165) is 44.1 Å². The molecule has 1 aliphatic carbocycles. The van der Waals surface area contributed by atoms with Crippen molar-refractivity contribution >= 4 is 23.7 Å². The van der Waals surface area contributed by atoms with Gasteiger partial charge in [-0.3, -0.25) is 14.5 Å². The van der Waals surface area contributed by atoms with Crippen molar-refractivity contribution in [1.82, 2.24) is 20.1 Å². The minimum absolute atomic E-state index is 0.0154. The lowest BCUT2D eigenvalue weighted by atomic mass is 9.90. The largest absolute Gasteiger partial charge is 0.326 e. The monoisotopic (exact) mass is 413 g/mol. The first-order valence-corrected chi connectivity index (χ1v) is 11.1. The molecule has 0 aromatic carbocycles. The second-order valence-electron chi connectivity index (χ2n) is 8.90. The van der Waals surface area contributed by atoms with Crippen molar-refractivity contribution in [1.29, 1.82) is 0 Å². The van der Waals surface area contributed by atoms with Crippen molar-refractivity contribution in [3.63, 3.8) is 0 Å². The fourth-order valence-corrected chi connectivity index (χ4v) is 4.78. The fourth-order valence-electron chi connectivity index (χ4n) is 4.78. The van der Waals surface area contributed by atoms with Crippen LogP contribution in [-0.4, -0.2) is 57.9 Å². The highest BCUT2D eigenvalue weighted by Crippen LogP contribution is 2.33. The summed E-state index contributed by atoms with van der Waals surface area (Å²) in [4.78, 5) is 45.9. The zero-order valence-electron chi connectivity index (χ0n) is 17.7. The summed E-state index contributed by atoms with van der Waals surface area (Å²) in [5, 5.41) is 5.89.